The van der Waals surface area contributed by atoms with Gasteiger partial charge in [0.15, 0.2) is 11.6 Å². The summed E-state index contributed by atoms with van der Waals surface area (Å²) in [6, 6.07) is 2.38. The second-order valence-electron chi connectivity index (χ2n) is 4.56. The topological polar surface area (TPSA) is 40.6 Å². The van der Waals surface area contributed by atoms with E-state index in [-0.39, 0.29) is 11.5 Å². The lowest BCUT2D eigenvalue weighted by Crippen LogP contribution is -2.56. The van der Waals surface area contributed by atoms with Gasteiger partial charge in [0, 0.05) is 25.7 Å². The van der Waals surface area contributed by atoms with E-state index in [1.165, 1.54) is 11.0 Å². The first kappa shape index (κ1) is 13.5. The van der Waals surface area contributed by atoms with E-state index >= 15 is 0 Å². The first-order chi connectivity index (χ1) is 8.91. The Bertz CT molecular complexity index is 533. The van der Waals surface area contributed by atoms with Gasteiger partial charge in [-0.2, -0.15) is 0 Å². The Morgan fingerprint density at radius 2 is 1.95 bits per heavy atom. The van der Waals surface area contributed by atoms with E-state index in [0.29, 0.717) is 13.1 Å². The largest absolute Gasteiger partial charge is 0.342 e. The third kappa shape index (κ3) is 2.43. The van der Waals surface area contributed by atoms with Gasteiger partial charge in [0.2, 0.25) is 5.91 Å². The summed E-state index contributed by atoms with van der Waals surface area (Å²) < 4.78 is 26.0. The Labute approximate surface area is 109 Å². The summed E-state index contributed by atoms with van der Waals surface area (Å²) in [5, 5.41) is 0. The van der Waals surface area contributed by atoms with E-state index in [2.05, 4.69) is 0 Å². The molecule has 1 heterocycles. The molecule has 2 rings (SSSR count). The number of piperazine rings is 1. The molecule has 19 heavy (non-hydrogen) atoms. The van der Waals surface area contributed by atoms with Crippen LogP contribution in [-0.2, 0) is 4.79 Å². The Morgan fingerprint density at radius 3 is 2.58 bits per heavy atom. The van der Waals surface area contributed by atoms with Crippen LogP contribution in [0.4, 0.5) is 8.78 Å². The lowest BCUT2D eigenvalue weighted by Gasteiger charge is -2.37. The number of rotatable bonds is 1. The van der Waals surface area contributed by atoms with E-state index in [1.807, 2.05) is 0 Å². The second kappa shape index (κ2) is 4.95. The van der Waals surface area contributed by atoms with E-state index in [0.717, 1.165) is 12.1 Å². The fraction of sp³-hybridized carbons (Fsp3) is 0.385. The highest BCUT2D eigenvalue weighted by molar-refractivity contribution is 5.98. The smallest absolute Gasteiger partial charge is 0.254 e. The maximum atomic E-state index is 13.1. The average molecular weight is 268 g/mol. The SMILES string of the molecule is CC1C(=O)N(C)CCN1C(=O)c1ccc(F)c(F)c1. The lowest BCUT2D eigenvalue weighted by atomic mass is 10.1. The highest BCUT2D eigenvalue weighted by Crippen LogP contribution is 2.16. The van der Waals surface area contributed by atoms with Crippen molar-refractivity contribution in [3.05, 3.63) is 35.4 Å². The summed E-state index contributed by atoms with van der Waals surface area (Å²) in [6.45, 7) is 2.43. The number of benzene rings is 1. The Balaban J connectivity index is 2.24. The maximum Gasteiger partial charge on any atom is 0.254 e. The number of carbonyl (C=O) groups is 2. The molecular formula is C13H14F2N2O2. The maximum absolute atomic E-state index is 13.1. The number of halogens is 2. The summed E-state index contributed by atoms with van der Waals surface area (Å²) in [4.78, 5) is 26.9. The van der Waals surface area contributed by atoms with Crippen LogP contribution in [0.1, 0.15) is 17.3 Å². The van der Waals surface area contributed by atoms with Crippen LogP contribution in [0.15, 0.2) is 18.2 Å². The Kier molecular flexibility index (Phi) is 3.50. The summed E-state index contributed by atoms with van der Waals surface area (Å²) in [7, 11) is 1.66. The van der Waals surface area contributed by atoms with Crippen LogP contribution in [0.5, 0.6) is 0 Å². The summed E-state index contributed by atoms with van der Waals surface area (Å²) >= 11 is 0. The van der Waals surface area contributed by atoms with Crippen molar-refractivity contribution in [2.24, 2.45) is 0 Å². The standard InChI is InChI=1S/C13H14F2N2O2/c1-8-12(18)16(2)5-6-17(8)13(19)9-3-4-10(14)11(15)7-9/h3-4,7-8H,5-6H2,1-2H3. The molecule has 0 radical (unpaired) electrons. The van der Waals surface area contributed by atoms with Gasteiger partial charge in [-0.25, -0.2) is 8.78 Å². The fourth-order valence-corrected chi connectivity index (χ4v) is 2.09. The van der Waals surface area contributed by atoms with Crippen molar-refractivity contribution in [2.45, 2.75) is 13.0 Å². The number of nitrogens with zero attached hydrogens (tertiary/aromatic N) is 2. The van der Waals surface area contributed by atoms with E-state index in [9.17, 15) is 18.4 Å². The Morgan fingerprint density at radius 1 is 1.26 bits per heavy atom. The monoisotopic (exact) mass is 268 g/mol. The van der Waals surface area contributed by atoms with Gasteiger partial charge in [-0.15, -0.1) is 0 Å². The van der Waals surface area contributed by atoms with Gasteiger partial charge >= 0.3 is 0 Å². The normalized spacial score (nSPS) is 19.8. The first-order valence-corrected chi connectivity index (χ1v) is 5.93. The number of amides is 2. The fourth-order valence-electron chi connectivity index (χ4n) is 2.09. The van der Waals surface area contributed by atoms with Gasteiger partial charge in [-0.1, -0.05) is 0 Å². The molecule has 1 saturated heterocycles. The molecule has 1 aromatic rings. The average Bonchev–Trinajstić information content (AvgIpc) is 2.39. The number of hydrogen-bond acceptors (Lipinski definition) is 2. The predicted molar refractivity (Wildman–Crippen MR) is 64.5 cm³/mol. The molecule has 0 aliphatic carbocycles. The van der Waals surface area contributed by atoms with Crippen molar-refractivity contribution in [2.75, 3.05) is 20.1 Å². The molecule has 2 amide bonds. The zero-order valence-corrected chi connectivity index (χ0v) is 10.7. The van der Waals surface area contributed by atoms with Crippen LogP contribution in [0.2, 0.25) is 0 Å². The van der Waals surface area contributed by atoms with Crippen molar-refractivity contribution < 1.29 is 18.4 Å². The molecule has 1 fully saturated rings. The van der Waals surface area contributed by atoms with Gasteiger partial charge in [0.1, 0.15) is 6.04 Å². The van der Waals surface area contributed by atoms with E-state index in [1.54, 1.807) is 18.9 Å². The van der Waals surface area contributed by atoms with Crippen LogP contribution >= 0.6 is 0 Å². The predicted octanol–water partition coefficient (Wildman–Crippen LogP) is 1.27. The van der Waals surface area contributed by atoms with Crippen molar-refractivity contribution >= 4 is 11.8 Å². The quantitative estimate of drug-likeness (QED) is 0.769. The molecule has 0 N–H and O–H groups in total. The van der Waals surface area contributed by atoms with Gasteiger partial charge in [0.25, 0.3) is 5.91 Å². The molecule has 1 aromatic carbocycles. The molecule has 4 nitrogen and oxygen atoms in total. The van der Waals surface area contributed by atoms with Gasteiger partial charge < -0.3 is 9.80 Å². The van der Waals surface area contributed by atoms with Gasteiger partial charge in [-0.05, 0) is 25.1 Å². The van der Waals surface area contributed by atoms with Crippen molar-refractivity contribution in [3.63, 3.8) is 0 Å². The summed E-state index contributed by atoms with van der Waals surface area (Å²) in [5.74, 6) is -2.70. The minimum absolute atomic E-state index is 0.0445. The van der Waals surface area contributed by atoms with Crippen LogP contribution < -0.4 is 0 Å². The second-order valence-corrected chi connectivity index (χ2v) is 4.56. The van der Waals surface area contributed by atoms with Crippen LogP contribution in [-0.4, -0.2) is 47.8 Å². The molecule has 0 saturated carbocycles. The molecule has 0 bridgehead atoms. The highest BCUT2D eigenvalue weighted by Gasteiger charge is 2.33. The number of likely N-dealkylation sites (N-methyl/N-ethyl adjacent to an activating group) is 1. The molecule has 0 spiro atoms. The molecule has 1 aliphatic heterocycles. The minimum atomic E-state index is -1.07. The molecule has 1 atom stereocenters. The molecule has 1 aliphatic rings. The molecule has 6 heteroatoms. The molecule has 1 unspecified atom stereocenters. The van der Waals surface area contributed by atoms with Gasteiger partial charge in [0.05, 0.1) is 0 Å². The molecular weight excluding hydrogens is 254 g/mol. The van der Waals surface area contributed by atoms with E-state index < -0.39 is 23.6 Å². The molecule has 0 aromatic heterocycles. The third-order valence-corrected chi connectivity index (χ3v) is 3.30. The zero-order valence-electron chi connectivity index (χ0n) is 10.7. The first-order valence-electron chi connectivity index (χ1n) is 5.93. The summed E-state index contributed by atoms with van der Waals surface area (Å²) in [5.41, 5.74) is 0.0445. The number of hydrogen-bond donors (Lipinski definition) is 0. The van der Waals surface area contributed by atoms with Crippen molar-refractivity contribution in [1.82, 2.24) is 9.80 Å². The summed E-state index contributed by atoms with van der Waals surface area (Å²) in [6.07, 6.45) is 0. The lowest BCUT2D eigenvalue weighted by molar-refractivity contribution is -0.137. The zero-order chi connectivity index (χ0) is 14.2. The van der Waals surface area contributed by atoms with Gasteiger partial charge in [-0.3, -0.25) is 9.59 Å². The number of carbonyl (C=O) groups excluding carboxylic acids is 2. The minimum Gasteiger partial charge on any atom is -0.342 e. The highest BCUT2D eigenvalue weighted by atomic mass is 19.2. The molecule has 102 valence electrons. The van der Waals surface area contributed by atoms with Crippen LogP contribution in [0.3, 0.4) is 0 Å². The third-order valence-electron chi connectivity index (χ3n) is 3.30. The van der Waals surface area contributed by atoms with Crippen LogP contribution in [0.25, 0.3) is 0 Å². The Hall–Kier alpha value is -1.98. The van der Waals surface area contributed by atoms with E-state index in [4.69, 9.17) is 0 Å². The van der Waals surface area contributed by atoms with Crippen LogP contribution in [0, 0.1) is 11.6 Å². The van der Waals surface area contributed by atoms with Crippen molar-refractivity contribution in [1.29, 1.82) is 0 Å². The van der Waals surface area contributed by atoms with Crippen molar-refractivity contribution in [3.8, 4) is 0 Å².